The van der Waals surface area contributed by atoms with Gasteiger partial charge in [-0.1, -0.05) is 29.3 Å². The molecule has 0 fully saturated rings. The number of aryl methyl sites for hydroxylation is 2. The van der Waals surface area contributed by atoms with Gasteiger partial charge in [-0.2, -0.15) is 5.10 Å². The lowest BCUT2D eigenvalue weighted by atomic mass is 10.1. The normalized spacial score (nSPS) is 10.5. The molecule has 19 heavy (non-hydrogen) atoms. The third-order valence-corrected chi connectivity index (χ3v) is 2.89. The van der Waals surface area contributed by atoms with Crippen LogP contribution in [0.3, 0.4) is 0 Å². The van der Waals surface area contributed by atoms with Crippen LogP contribution in [0.1, 0.15) is 22.3 Å². The second-order valence-electron chi connectivity index (χ2n) is 4.80. The van der Waals surface area contributed by atoms with Gasteiger partial charge in [0.25, 0.3) is 0 Å². The Morgan fingerprint density at radius 1 is 1.21 bits per heavy atom. The Bertz CT molecular complexity index is 567. The fourth-order valence-electron chi connectivity index (χ4n) is 2.17. The maximum absolute atomic E-state index is 11.2. The molecule has 0 aliphatic carbocycles. The van der Waals surface area contributed by atoms with E-state index in [1.165, 1.54) is 23.8 Å². The van der Waals surface area contributed by atoms with E-state index < -0.39 is 0 Å². The topological polar surface area (TPSA) is 44.1 Å². The number of hydrogen-bond donors (Lipinski definition) is 0. The van der Waals surface area contributed by atoms with Gasteiger partial charge in [-0.3, -0.25) is 9.48 Å². The summed E-state index contributed by atoms with van der Waals surface area (Å²) in [7, 11) is 1.39. The minimum Gasteiger partial charge on any atom is -0.469 e. The Morgan fingerprint density at radius 3 is 2.53 bits per heavy atom. The zero-order valence-corrected chi connectivity index (χ0v) is 11.5. The quantitative estimate of drug-likeness (QED) is 0.790. The van der Waals surface area contributed by atoms with Crippen LogP contribution in [0.4, 0.5) is 0 Å². The summed E-state index contributed by atoms with van der Waals surface area (Å²) in [5.41, 5.74) is 4.58. The molecule has 0 atom stereocenters. The van der Waals surface area contributed by atoms with Crippen molar-refractivity contribution in [2.24, 2.45) is 0 Å². The minimum atomic E-state index is -0.244. The minimum absolute atomic E-state index is 0.244. The van der Waals surface area contributed by atoms with Crippen LogP contribution in [0.25, 0.3) is 0 Å². The van der Waals surface area contributed by atoms with E-state index in [-0.39, 0.29) is 12.4 Å². The average Bonchev–Trinajstić information content (AvgIpc) is 2.74. The predicted octanol–water partition coefficient (Wildman–Crippen LogP) is 2.26. The SMILES string of the molecule is COC(=O)Cc1cnn(Cc2cc(C)cc(C)c2)c1. The van der Waals surface area contributed by atoms with E-state index in [4.69, 9.17) is 0 Å². The summed E-state index contributed by atoms with van der Waals surface area (Å²) in [6, 6.07) is 6.44. The zero-order chi connectivity index (χ0) is 13.8. The highest BCUT2D eigenvalue weighted by Crippen LogP contribution is 2.11. The standard InChI is InChI=1S/C15H18N2O2/c1-11-4-12(2)6-13(5-11)9-17-10-14(8-16-17)7-15(18)19-3/h4-6,8,10H,7,9H2,1-3H3. The number of rotatable bonds is 4. The lowest BCUT2D eigenvalue weighted by molar-refractivity contribution is -0.139. The van der Waals surface area contributed by atoms with Gasteiger partial charge in [0.2, 0.25) is 0 Å². The molecule has 0 radical (unpaired) electrons. The van der Waals surface area contributed by atoms with Gasteiger partial charge in [-0.15, -0.1) is 0 Å². The summed E-state index contributed by atoms with van der Waals surface area (Å²) in [6.07, 6.45) is 3.86. The Hall–Kier alpha value is -2.10. The van der Waals surface area contributed by atoms with Crippen molar-refractivity contribution >= 4 is 5.97 Å². The summed E-state index contributed by atoms with van der Waals surface area (Å²) in [4.78, 5) is 11.2. The highest BCUT2D eigenvalue weighted by Gasteiger charge is 2.06. The van der Waals surface area contributed by atoms with Crippen LogP contribution < -0.4 is 0 Å². The van der Waals surface area contributed by atoms with Crippen molar-refractivity contribution in [3.63, 3.8) is 0 Å². The van der Waals surface area contributed by atoms with Crippen LogP contribution in [0.15, 0.2) is 30.6 Å². The molecule has 1 aromatic carbocycles. The van der Waals surface area contributed by atoms with Gasteiger partial charge >= 0.3 is 5.97 Å². The van der Waals surface area contributed by atoms with Gasteiger partial charge in [0.05, 0.1) is 26.3 Å². The fraction of sp³-hybridized carbons (Fsp3) is 0.333. The first-order valence-electron chi connectivity index (χ1n) is 6.22. The molecule has 1 heterocycles. The number of methoxy groups -OCH3 is 1. The van der Waals surface area contributed by atoms with Gasteiger partial charge in [0.15, 0.2) is 0 Å². The number of ether oxygens (including phenoxy) is 1. The maximum Gasteiger partial charge on any atom is 0.310 e. The van der Waals surface area contributed by atoms with Crippen molar-refractivity contribution in [2.45, 2.75) is 26.8 Å². The van der Waals surface area contributed by atoms with Gasteiger partial charge in [0.1, 0.15) is 0 Å². The Labute approximate surface area is 113 Å². The molecule has 1 aromatic heterocycles. The lowest BCUT2D eigenvalue weighted by Crippen LogP contribution is -2.04. The van der Waals surface area contributed by atoms with Crippen LogP contribution in [0.2, 0.25) is 0 Å². The van der Waals surface area contributed by atoms with E-state index in [2.05, 4.69) is 41.9 Å². The molecule has 0 aliphatic rings. The van der Waals surface area contributed by atoms with Crippen LogP contribution in [0, 0.1) is 13.8 Å². The number of nitrogens with zero attached hydrogens (tertiary/aromatic N) is 2. The predicted molar refractivity (Wildman–Crippen MR) is 73.0 cm³/mol. The van der Waals surface area contributed by atoms with Gasteiger partial charge in [-0.25, -0.2) is 0 Å². The Morgan fingerprint density at radius 2 is 1.89 bits per heavy atom. The van der Waals surface area contributed by atoms with E-state index in [1.807, 2.05) is 10.9 Å². The summed E-state index contributed by atoms with van der Waals surface area (Å²) < 4.78 is 6.48. The first-order valence-corrected chi connectivity index (χ1v) is 6.22. The maximum atomic E-state index is 11.2. The Balaban J connectivity index is 2.09. The van der Waals surface area contributed by atoms with Crippen molar-refractivity contribution < 1.29 is 9.53 Å². The average molecular weight is 258 g/mol. The smallest absolute Gasteiger partial charge is 0.310 e. The van der Waals surface area contributed by atoms with Crippen molar-refractivity contribution in [2.75, 3.05) is 7.11 Å². The molecule has 0 spiro atoms. The first-order chi connectivity index (χ1) is 9.06. The summed E-state index contributed by atoms with van der Waals surface area (Å²) in [6.45, 7) is 4.88. The highest BCUT2D eigenvalue weighted by molar-refractivity contribution is 5.72. The van der Waals surface area contributed by atoms with E-state index >= 15 is 0 Å². The lowest BCUT2D eigenvalue weighted by Gasteiger charge is -2.05. The van der Waals surface area contributed by atoms with Gasteiger partial charge in [-0.05, 0) is 19.4 Å². The highest BCUT2D eigenvalue weighted by atomic mass is 16.5. The Kier molecular flexibility index (Phi) is 4.00. The second kappa shape index (κ2) is 5.69. The molecule has 4 nitrogen and oxygen atoms in total. The van der Waals surface area contributed by atoms with Crippen LogP contribution in [-0.4, -0.2) is 22.9 Å². The van der Waals surface area contributed by atoms with Crippen molar-refractivity contribution in [1.82, 2.24) is 9.78 Å². The molecule has 0 saturated carbocycles. The molecule has 0 aliphatic heterocycles. The second-order valence-corrected chi connectivity index (χ2v) is 4.80. The first kappa shape index (κ1) is 13.3. The number of benzene rings is 1. The molecule has 4 heteroatoms. The van der Waals surface area contributed by atoms with E-state index in [0.29, 0.717) is 6.54 Å². The molecule has 0 amide bonds. The third kappa shape index (κ3) is 3.68. The molecular weight excluding hydrogens is 240 g/mol. The van der Waals surface area contributed by atoms with Gasteiger partial charge < -0.3 is 4.74 Å². The fourth-order valence-corrected chi connectivity index (χ4v) is 2.17. The number of aromatic nitrogens is 2. The van der Waals surface area contributed by atoms with E-state index in [9.17, 15) is 4.79 Å². The largest absolute Gasteiger partial charge is 0.469 e. The van der Waals surface area contributed by atoms with E-state index in [1.54, 1.807) is 6.20 Å². The molecule has 2 rings (SSSR count). The molecule has 0 bridgehead atoms. The van der Waals surface area contributed by atoms with Gasteiger partial charge in [0, 0.05) is 11.8 Å². The van der Waals surface area contributed by atoms with Crippen LogP contribution in [0.5, 0.6) is 0 Å². The summed E-state index contributed by atoms with van der Waals surface area (Å²) in [5.74, 6) is -0.244. The van der Waals surface area contributed by atoms with Crippen molar-refractivity contribution in [3.05, 3.63) is 52.8 Å². The van der Waals surface area contributed by atoms with Crippen molar-refractivity contribution in [1.29, 1.82) is 0 Å². The van der Waals surface area contributed by atoms with Crippen molar-refractivity contribution in [3.8, 4) is 0 Å². The van der Waals surface area contributed by atoms with Crippen LogP contribution >= 0.6 is 0 Å². The third-order valence-electron chi connectivity index (χ3n) is 2.89. The molecule has 2 aromatic rings. The summed E-state index contributed by atoms with van der Waals surface area (Å²) >= 11 is 0. The number of carbonyl (C=O) groups is 1. The number of hydrogen-bond acceptors (Lipinski definition) is 3. The summed E-state index contributed by atoms with van der Waals surface area (Å²) in [5, 5.41) is 4.27. The molecule has 100 valence electrons. The van der Waals surface area contributed by atoms with Crippen LogP contribution in [-0.2, 0) is 22.5 Å². The number of esters is 1. The molecular formula is C15H18N2O2. The molecule has 0 N–H and O–H groups in total. The monoisotopic (exact) mass is 258 g/mol. The number of carbonyl (C=O) groups excluding carboxylic acids is 1. The zero-order valence-electron chi connectivity index (χ0n) is 11.5. The molecule has 0 saturated heterocycles. The molecule has 0 unspecified atom stereocenters. The van der Waals surface area contributed by atoms with E-state index in [0.717, 1.165) is 5.56 Å².